The average Bonchev–Trinajstić information content (AvgIpc) is 2.53. The number of nitrogens with zero attached hydrogens (tertiary/aromatic N) is 1. The molecule has 1 fully saturated rings. The number of pyridine rings is 1. The molecule has 6 nitrogen and oxygen atoms in total. The molecular weight excluding hydrogens is 256 g/mol. The minimum atomic E-state index is -2.99. The molecule has 0 spiro atoms. The first-order chi connectivity index (χ1) is 8.30. The number of aromatic nitrogens is 1. The van der Waals surface area contributed by atoms with Gasteiger partial charge in [0, 0.05) is 17.4 Å². The maximum absolute atomic E-state index is 11.5. The number of hydrogen-bond donors (Lipinski definition) is 2. The molecule has 0 radical (unpaired) electrons. The van der Waals surface area contributed by atoms with Crippen molar-refractivity contribution in [3.8, 4) is 0 Å². The van der Waals surface area contributed by atoms with Gasteiger partial charge < -0.3 is 10.4 Å². The van der Waals surface area contributed by atoms with Crippen molar-refractivity contribution in [3.05, 3.63) is 24.0 Å². The van der Waals surface area contributed by atoms with Crippen molar-refractivity contribution >= 4 is 21.5 Å². The molecule has 1 saturated heterocycles. The Morgan fingerprint density at radius 2 is 2.28 bits per heavy atom. The van der Waals surface area contributed by atoms with Crippen molar-refractivity contribution in [2.24, 2.45) is 0 Å². The molecule has 1 unspecified atom stereocenters. The largest absolute Gasteiger partial charge is 0.477 e. The monoisotopic (exact) mass is 270 g/mol. The summed E-state index contributed by atoms with van der Waals surface area (Å²) in [5.41, 5.74) is -0.0397. The Morgan fingerprint density at radius 1 is 1.56 bits per heavy atom. The summed E-state index contributed by atoms with van der Waals surface area (Å²) in [6, 6.07) is 3.03. The van der Waals surface area contributed by atoms with Gasteiger partial charge in [-0.15, -0.1) is 0 Å². The van der Waals surface area contributed by atoms with E-state index in [9.17, 15) is 13.2 Å². The van der Waals surface area contributed by atoms with E-state index in [1.165, 1.54) is 12.3 Å². The van der Waals surface area contributed by atoms with Crippen molar-refractivity contribution in [2.75, 3.05) is 16.8 Å². The fraction of sp³-hybridized carbons (Fsp3) is 0.455. The van der Waals surface area contributed by atoms with E-state index >= 15 is 0 Å². The van der Waals surface area contributed by atoms with Crippen LogP contribution in [0.25, 0.3) is 0 Å². The van der Waals surface area contributed by atoms with E-state index in [-0.39, 0.29) is 17.2 Å². The Morgan fingerprint density at radius 3 is 2.83 bits per heavy atom. The Kier molecular flexibility index (Phi) is 3.02. The first kappa shape index (κ1) is 12.8. The molecule has 0 amide bonds. The third-order valence-corrected chi connectivity index (χ3v) is 4.83. The maximum atomic E-state index is 11.5. The van der Waals surface area contributed by atoms with Gasteiger partial charge in [0.2, 0.25) is 0 Å². The topological polar surface area (TPSA) is 96.4 Å². The van der Waals surface area contributed by atoms with E-state index in [0.29, 0.717) is 12.1 Å². The number of carboxylic acid groups (broad SMARTS) is 1. The first-order valence-corrected chi connectivity index (χ1v) is 7.30. The normalized spacial score (nSPS) is 25.8. The lowest BCUT2D eigenvalue weighted by Gasteiger charge is -2.25. The zero-order chi connectivity index (χ0) is 13.4. The average molecular weight is 270 g/mol. The van der Waals surface area contributed by atoms with Gasteiger partial charge in [0.1, 0.15) is 5.69 Å². The van der Waals surface area contributed by atoms with Gasteiger partial charge in [0.05, 0.1) is 11.5 Å². The lowest BCUT2D eigenvalue weighted by Crippen LogP contribution is -2.35. The predicted octanol–water partition coefficient (Wildman–Crippen LogP) is 0.769. The van der Waals surface area contributed by atoms with E-state index in [1.54, 1.807) is 6.07 Å². The summed E-state index contributed by atoms with van der Waals surface area (Å²) in [7, 11) is -2.99. The van der Waals surface area contributed by atoms with Crippen LogP contribution in [0.4, 0.5) is 5.69 Å². The van der Waals surface area contributed by atoms with Crippen LogP contribution in [0.5, 0.6) is 0 Å². The second-order valence-corrected chi connectivity index (χ2v) is 6.95. The summed E-state index contributed by atoms with van der Waals surface area (Å²) in [5.74, 6) is -0.888. The van der Waals surface area contributed by atoms with E-state index in [0.717, 1.165) is 0 Å². The third-order valence-electron chi connectivity index (χ3n) is 2.93. The molecule has 0 bridgehead atoms. The predicted molar refractivity (Wildman–Crippen MR) is 66.5 cm³/mol. The Bertz CT molecular complexity index is 584. The van der Waals surface area contributed by atoms with Crippen molar-refractivity contribution in [1.82, 2.24) is 4.98 Å². The molecule has 7 heteroatoms. The van der Waals surface area contributed by atoms with Gasteiger partial charge in [0.15, 0.2) is 9.84 Å². The molecule has 1 aliphatic rings. The summed E-state index contributed by atoms with van der Waals surface area (Å²) in [6.45, 7) is 1.82. The van der Waals surface area contributed by atoms with Crippen LogP contribution in [0.2, 0.25) is 0 Å². The second kappa shape index (κ2) is 4.24. The quantitative estimate of drug-likeness (QED) is 0.842. The number of carboxylic acids is 1. The number of anilines is 1. The fourth-order valence-electron chi connectivity index (χ4n) is 2.08. The van der Waals surface area contributed by atoms with E-state index in [1.807, 2.05) is 6.92 Å². The van der Waals surface area contributed by atoms with Crippen LogP contribution in [0, 0.1) is 0 Å². The van der Waals surface area contributed by atoms with Crippen LogP contribution >= 0.6 is 0 Å². The van der Waals surface area contributed by atoms with Gasteiger partial charge in [-0.05, 0) is 25.5 Å². The van der Waals surface area contributed by atoms with Crippen molar-refractivity contribution in [3.63, 3.8) is 0 Å². The molecule has 0 aromatic carbocycles. The van der Waals surface area contributed by atoms with Crippen LogP contribution < -0.4 is 5.32 Å². The van der Waals surface area contributed by atoms with Crippen LogP contribution in [0.3, 0.4) is 0 Å². The third kappa shape index (κ3) is 2.79. The summed E-state index contributed by atoms with van der Waals surface area (Å²) >= 11 is 0. The highest BCUT2D eigenvalue weighted by Gasteiger charge is 2.38. The van der Waals surface area contributed by atoms with Gasteiger partial charge in [-0.1, -0.05) is 0 Å². The van der Waals surface area contributed by atoms with Crippen molar-refractivity contribution < 1.29 is 18.3 Å². The molecule has 1 aromatic heterocycles. The Labute approximate surface area is 105 Å². The molecule has 1 aliphatic heterocycles. The number of sulfone groups is 1. The zero-order valence-electron chi connectivity index (χ0n) is 9.88. The smallest absolute Gasteiger partial charge is 0.354 e. The number of hydrogen-bond acceptors (Lipinski definition) is 5. The van der Waals surface area contributed by atoms with Gasteiger partial charge in [-0.2, -0.15) is 0 Å². The lowest BCUT2D eigenvalue weighted by atomic mass is 10.0. The zero-order valence-corrected chi connectivity index (χ0v) is 10.7. The molecule has 0 aliphatic carbocycles. The van der Waals surface area contributed by atoms with E-state index in [4.69, 9.17) is 5.11 Å². The SMILES string of the molecule is CC1(Nc2ccnc(C(=O)O)c2)CCS(=O)(=O)C1. The fourth-order valence-corrected chi connectivity index (χ4v) is 4.18. The van der Waals surface area contributed by atoms with Crippen LogP contribution in [-0.2, 0) is 9.84 Å². The molecule has 2 N–H and O–H groups in total. The summed E-state index contributed by atoms with van der Waals surface area (Å²) in [5, 5.41) is 11.9. The number of aromatic carboxylic acids is 1. The minimum absolute atomic E-state index is 0.0602. The first-order valence-electron chi connectivity index (χ1n) is 5.48. The molecule has 1 atom stereocenters. The Balaban J connectivity index is 2.20. The number of rotatable bonds is 3. The molecule has 2 rings (SSSR count). The summed E-state index contributed by atoms with van der Waals surface area (Å²) in [6.07, 6.45) is 1.90. The summed E-state index contributed by atoms with van der Waals surface area (Å²) < 4.78 is 22.9. The van der Waals surface area contributed by atoms with Gasteiger partial charge in [0.25, 0.3) is 0 Å². The maximum Gasteiger partial charge on any atom is 0.354 e. The van der Waals surface area contributed by atoms with Crippen LogP contribution in [0.1, 0.15) is 23.8 Å². The number of nitrogens with one attached hydrogen (secondary N) is 1. The standard InChI is InChI=1S/C11H14N2O4S/c1-11(3-5-18(16,17)7-11)13-8-2-4-12-9(6-8)10(14)15/h2,4,6H,3,5,7H2,1H3,(H,12,13)(H,14,15). The number of carbonyl (C=O) groups is 1. The van der Waals surface area contributed by atoms with Crippen LogP contribution in [-0.4, -0.2) is 41.5 Å². The molecular formula is C11H14N2O4S. The molecule has 18 heavy (non-hydrogen) atoms. The lowest BCUT2D eigenvalue weighted by molar-refractivity contribution is 0.0690. The van der Waals surface area contributed by atoms with E-state index in [2.05, 4.69) is 10.3 Å². The Hall–Kier alpha value is -1.63. The summed E-state index contributed by atoms with van der Waals surface area (Å²) in [4.78, 5) is 14.5. The molecule has 2 heterocycles. The molecule has 1 aromatic rings. The van der Waals surface area contributed by atoms with Gasteiger partial charge >= 0.3 is 5.97 Å². The second-order valence-electron chi connectivity index (χ2n) is 4.76. The van der Waals surface area contributed by atoms with Gasteiger partial charge in [-0.3, -0.25) is 0 Å². The van der Waals surface area contributed by atoms with Crippen LogP contribution in [0.15, 0.2) is 18.3 Å². The van der Waals surface area contributed by atoms with Crippen molar-refractivity contribution in [1.29, 1.82) is 0 Å². The van der Waals surface area contributed by atoms with Crippen molar-refractivity contribution in [2.45, 2.75) is 18.9 Å². The molecule has 98 valence electrons. The highest BCUT2D eigenvalue weighted by Crippen LogP contribution is 2.27. The van der Waals surface area contributed by atoms with E-state index < -0.39 is 21.3 Å². The van der Waals surface area contributed by atoms with Gasteiger partial charge in [-0.25, -0.2) is 18.2 Å². The highest BCUT2D eigenvalue weighted by atomic mass is 32.2. The minimum Gasteiger partial charge on any atom is -0.477 e. The molecule has 0 saturated carbocycles. The highest BCUT2D eigenvalue weighted by molar-refractivity contribution is 7.91.